The minimum Gasteiger partial charge on any atom is -0.342 e. The summed E-state index contributed by atoms with van der Waals surface area (Å²) < 4.78 is 26.2. The molecule has 0 fully saturated rings. The molecule has 0 radical (unpaired) electrons. The summed E-state index contributed by atoms with van der Waals surface area (Å²) in [6, 6.07) is 7.12. The van der Waals surface area contributed by atoms with Crippen LogP contribution in [0.4, 0.5) is 5.69 Å². The summed E-state index contributed by atoms with van der Waals surface area (Å²) in [6.07, 6.45) is 7.39. The zero-order chi connectivity index (χ0) is 23.5. The number of fused-ring (bicyclic) bond motifs is 3. The molecule has 2 aromatic heterocycles. The van der Waals surface area contributed by atoms with Gasteiger partial charge < -0.3 is 9.47 Å². The minimum atomic E-state index is -3.27. The van der Waals surface area contributed by atoms with Crippen molar-refractivity contribution in [2.75, 3.05) is 17.7 Å². The van der Waals surface area contributed by atoms with Gasteiger partial charge in [0.2, 0.25) is 0 Å². The first kappa shape index (κ1) is 21.6. The Labute approximate surface area is 193 Å². The summed E-state index contributed by atoms with van der Waals surface area (Å²) in [5, 5.41) is 17.7. The van der Waals surface area contributed by atoms with Crippen molar-refractivity contribution in [2.45, 2.75) is 37.6 Å². The Morgan fingerprint density at radius 3 is 2.45 bits per heavy atom. The quantitative estimate of drug-likeness (QED) is 0.586. The van der Waals surface area contributed by atoms with E-state index in [2.05, 4.69) is 55.9 Å². The predicted octanol–water partition coefficient (Wildman–Crippen LogP) is 2.90. The second-order valence-corrected chi connectivity index (χ2v) is 11.0. The van der Waals surface area contributed by atoms with E-state index in [9.17, 15) is 8.42 Å². The van der Waals surface area contributed by atoms with Crippen molar-refractivity contribution >= 4 is 21.1 Å². The molecular formula is C23H27N7O2S. The number of hydrogen-bond donors (Lipinski definition) is 0. The van der Waals surface area contributed by atoms with Crippen LogP contribution in [0.5, 0.6) is 0 Å². The van der Waals surface area contributed by atoms with Crippen molar-refractivity contribution in [1.29, 1.82) is 0 Å². The Kier molecular flexibility index (Phi) is 5.00. The lowest BCUT2D eigenvalue weighted by Crippen LogP contribution is -2.32. The summed E-state index contributed by atoms with van der Waals surface area (Å²) in [4.78, 5) is 4.14. The van der Waals surface area contributed by atoms with E-state index >= 15 is 0 Å². The van der Waals surface area contributed by atoms with Crippen LogP contribution in [0.3, 0.4) is 0 Å². The van der Waals surface area contributed by atoms with Gasteiger partial charge in [-0.2, -0.15) is 15.0 Å². The third-order valence-corrected chi connectivity index (χ3v) is 7.53. The van der Waals surface area contributed by atoms with Crippen LogP contribution in [-0.2, 0) is 16.9 Å². The van der Waals surface area contributed by atoms with E-state index < -0.39 is 9.84 Å². The van der Waals surface area contributed by atoms with Crippen molar-refractivity contribution in [2.24, 2.45) is 13.0 Å². The second-order valence-electron chi connectivity index (χ2n) is 8.97. The van der Waals surface area contributed by atoms with Gasteiger partial charge in [0.25, 0.3) is 0 Å². The first-order valence-corrected chi connectivity index (χ1v) is 12.8. The third kappa shape index (κ3) is 3.68. The Morgan fingerprint density at radius 1 is 1.09 bits per heavy atom. The van der Waals surface area contributed by atoms with Crippen LogP contribution in [-0.4, -0.2) is 51.0 Å². The number of aryl methyl sites for hydroxylation is 2. The molecule has 9 nitrogen and oxygen atoms in total. The third-order valence-electron chi connectivity index (χ3n) is 6.40. The zero-order valence-corrected chi connectivity index (χ0v) is 20.2. The van der Waals surface area contributed by atoms with Crippen molar-refractivity contribution in [3.05, 3.63) is 65.7 Å². The zero-order valence-electron chi connectivity index (χ0n) is 19.3. The van der Waals surface area contributed by atoms with Crippen molar-refractivity contribution in [1.82, 2.24) is 29.8 Å². The van der Waals surface area contributed by atoms with E-state index in [0.717, 1.165) is 34.3 Å². The summed E-state index contributed by atoms with van der Waals surface area (Å²) in [6.45, 7) is 7.03. The molecule has 10 heteroatoms. The van der Waals surface area contributed by atoms with E-state index in [1.165, 1.54) is 6.26 Å². The fourth-order valence-corrected chi connectivity index (χ4v) is 5.46. The van der Waals surface area contributed by atoms with Gasteiger partial charge in [-0.15, -0.1) is 10.2 Å². The first-order chi connectivity index (χ1) is 15.6. The van der Waals surface area contributed by atoms with Crippen molar-refractivity contribution in [3.63, 3.8) is 0 Å². The molecule has 0 bridgehead atoms. The minimum absolute atomic E-state index is 0.00922. The highest BCUT2D eigenvalue weighted by atomic mass is 32.2. The molecule has 3 aromatic rings. The van der Waals surface area contributed by atoms with Crippen molar-refractivity contribution in [3.8, 4) is 0 Å². The highest BCUT2D eigenvalue weighted by Gasteiger charge is 2.38. The van der Waals surface area contributed by atoms with Crippen LogP contribution in [0.2, 0.25) is 0 Å². The standard InChI is InChI=1S/C23H27N7O2S/c1-14-10-17(20-12-24-28(4)27-20)11-21-22(14)30-16(3)25-26-23(30)15(2)13-29(21)18-6-8-19(9-7-18)33(5,31)32/h6-12,14-15,22H,13H2,1-5H3/t14?,15-,22?/m1/s1. The number of allylic oxidation sites excluding steroid dienone is 4. The maximum atomic E-state index is 12.0. The van der Waals surface area contributed by atoms with Gasteiger partial charge in [-0.05, 0) is 37.3 Å². The SMILES string of the molecule is Cc1nnc2n1C1C(=CC(c3cnn(C)n3)=CC1C)N(c1ccc(S(C)(=O)=O)cc1)C[C@H]2C. The van der Waals surface area contributed by atoms with Gasteiger partial charge in [-0.1, -0.05) is 19.9 Å². The topological polar surface area (TPSA) is 98.8 Å². The maximum absolute atomic E-state index is 12.0. The monoisotopic (exact) mass is 465 g/mol. The number of aromatic nitrogens is 6. The number of nitrogens with zero attached hydrogens (tertiary/aromatic N) is 7. The lowest BCUT2D eigenvalue weighted by Gasteiger charge is -2.36. The molecule has 0 spiro atoms. The van der Waals surface area contributed by atoms with Gasteiger partial charge in [0, 0.05) is 48.6 Å². The normalized spacial score (nSPS) is 22.8. The van der Waals surface area contributed by atoms with E-state index in [-0.39, 0.29) is 17.9 Å². The molecular weight excluding hydrogens is 438 g/mol. The smallest absolute Gasteiger partial charge is 0.175 e. The van der Waals surface area contributed by atoms with Crippen LogP contribution in [0, 0.1) is 12.8 Å². The van der Waals surface area contributed by atoms with Crippen LogP contribution < -0.4 is 4.90 Å². The molecule has 0 amide bonds. The molecule has 3 atom stereocenters. The number of sulfone groups is 1. The Hall–Kier alpha value is -3.27. The van der Waals surface area contributed by atoms with Gasteiger partial charge in [0.05, 0.1) is 17.1 Å². The fourth-order valence-electron chi connectivity index (χ4n) is 4.83. The number of rotatable bonds is 3. The summed E-state index contributed by atoms with van der Waals surface area (Å²) in [7, 11) is -1.46. The first-order valence-electron chi connectivity index (χ1n) is 10.9. The average molecular weight is 466 g/mol. The fraction of sp³-hybridized carbons (Fsp3) is 0.391. The van der Waals surface area contributed by atoms with Gasteiger partial charge in [-0.25, -0.2) is 8.42 Å². The lowest BCUT2D eigenvalue weighted by molar-refractivity contribution is 0.442. The molecule has 0 N–H and O–H groups in total. The predicted molar refractivity (Wildman–Crippen MR) is 125 cm³/mol. The highest BCUT2D eigenvalue weighted by molar-refractivity contribution is 7.90. The van der Waals surface area contributed by atoms with E-state index in [0.29, 0.717) is 11.4 Å². The molecule has 172 valence electrons. The largest absolute Gasteiger partial charge is 0.342 e. The molecule has 33 heavy (non-hydrogen) atoms. The van der Waals surface area contributed by atoms with Gasteiger partial charge >= 0.3 is 0 Å². The lowest BCUT2D eigenvalue weighted by atomic mass is 9.88. The summed E-state index contributed by atoms with van der Waals surface area (Å²) in [5.41, 5.74) is 3.88. The highest BCUT2D eigenvalue weighted by Crippen LogP contribution is 2.44. The van der Waals surface area contributed by atoms with Crippen LogP contribution >= 0.6 is 0 Å². The van der Waals surface area contributed by atoms with Crippen LogP contribution in [0.15, 0.2) is 53.2 Å². The molecule has 1 aromatic carbocycles. The molecule has 2 aliphatic rings. The van der Waals surface area contributed by atoms with E-state index in [1.807, 2.05) is 26.1 Å². The molecule has 1 aliphatic carbocycles. The number of hydrogen-bond acceptors (Lipinski definition) is 7. The Balaban J connectivity index is 1.67. The maximum Gasteiger partial charge on any atom is 0.175 e. The molecule has 0 saturated heterocycles. The van der Waals surface area contributed by atoms with E-state index in [1.54, 1.807) is 23.1 Å². The molecule has 5 rings (SSSR count). The Morgan fingerprint density at radius 2 is 1.82 bits per heavy atom. The van der Waals surface area contributed by atoms with Crippen LogP contribution in [0.25, 0.3) is 5.57 Å². The molecule has 2 unspecified atom stereocenters. The van der Waals surface area contributed by atoms with E-state index in [4.69, 9.17) is 0 Å². The summed E-state index contributed by atoms with van der Waals surface area (Å²) in [5.74, 6) is 2.12. The number of benzene rings is 1. The second kappa shape index (κ2) is 7.65. The van der Waals surface area contributed by atoms with Gasteiger partial charge in [0.1, 0.15) is 17.3 Å². The number of anilines is 1. The van der Waals surface area contributed by atoms with Crippen LogP contribution in [0.1, 0.15) is 43.1 Å². The average Bonchev–Trinajstić information content (AvgIpc) is 3.33. The van der Waals surface area contributed by atoms with Gasteiger partial charge in [-0.3, -0.25) is 0 Å². The molecule has 3 heterocycles. The Bertz CT molecular complexity index is 1380. The summed E-state index contributed by atoms with van der Waals surface area (Å²) >= 11 is 0. The molecule has 1 aliphatic heterocycles. The molecule has 0 saturated carbocycles. The van der Waals surface area contributed by atoms with Gasteiger partial charge in [0.15, 0.2) is 9.84 Å². The van der Waals surface area contributed by atoms with Crippen molar-refractivity contribution < 1.29 is 8.42 Å².